The molecule has 0 unspecified atom stereocenters. The Morgan fingerprint density at radius 2 is 1.86 bits per heavy atom. The van der Waals surface area contributed by atoms with Crippen LogP contribution in [-0.4, -0.2) is 26.6 Å². The number of sulfonamides is 1. The number of nitrogens with one attached hydrogen (secondary N) is 2. The molecule has 5 nitrogen and oxygen atoms in total. The number of carbonyl (C=O) groups is 1. The summed E-state index contributed by atoms with van der Waals surface area (Å²) in [5.74, 6) is -0.658. The van der Waals surface area contributed by atoms with E-state index in [9.17, 15) is 17.6 Å². The summed E-state index contributed by atoms with van der Waals surface area (Å²) < 4.78 is 38.3. The van der Waals surface area contributed by atoms with Gasteiger partial charge in [0.15, 0.2) is 0 Å². The van der Waals surface area contributed by atoms with Crippen LogP contribution in [0.1, 0.15) is 44.7 Å². The highest BCUT2D eigenvalue weighted by Crippen LogP contribution is 2.18. The van der Waals surface area contributed by atoms with E-state index in [2.05, 4.69) is 10.0 Å². The molecule has 0 aliphatic carbocycles. The highest BCUT2D eigenvalue weighted by molar-refractivity contribution is 7.88. The van der Waals surface area contributed by atoms with Crippen molar-refractivity contribution in [3.8, 4) is 0 Å². The molecule has 22 heavy (non-hydrogen) atoms. The van der Waals surface area contributed by atoms with Crippen molar-refractivity contribution in [3.05, 3.63) is 35.6 Å². The number of hydrogen-bond acceptors (Lipinski definition) is 3. The maximum absolute atomic E-state index is 13.0. The summed E-state index contributed by atoms with van der Waals surface area (Å²) in [7, 11) is -3.49. The Bertz CT molecular complexity index is 587. The Balaban J connectivity index is 2.82. The molecule has 1 aromatic rings. The van der Waals surface area contributed by atoms with Gasteiger partial charge in [0.25, 0.3) is 0 Å². The zero-order valence-corrected chi connectivity index (χ0v) is 13.9. The van der Waals surface area contributed by atoms with Crippen molar-refractivity contribution in [1.82, 2.24) is 10.0 Å². The lowest BCUT2D eigenvalue weighted by Crippen LogP contribution is -2.37. The molecule has 0 radical (unpaired) electrons. The van der Waals surface area contributed by atoms with Crippen LogP contribution >= 0.6 is 0 Å². The van der Waals surface area contributed by atoms with E-state index in [4.69, 9.17) is 0 Å². The Labute approximate surface area is 131 Å². The van der Waals surface area contributed by atoms with Gasteiger partial charge in [0.2, 0.25) is 15.9 Å². The topological polar surface area (TPSA) is 75.3 Å². The van der Waals surface area contributed by atoms with Gasteiger partial charge < -0.3 is 5.32 Å². The van der Waals surface area contributed by atoms with Crippen molar-refractivity contribution in [3.63, 3.8) is 0 Å². The highest BCUT2D eigenvalue weighted by atomic mass is 32.2. The lowest BCUT2D eigenvalue weighted by Gasteiger charge is -2.19. The molecular formula is C15H23FN2O3S. The molecule has 1 aromatic carbocycles. The van der Waals surface area contributed by atoms with Gasteiger partial charge in [-0.05, 0) is 31.0 Å². The van der Waals surface area contributed by atoms with Crippen LogP contribution in [0.25, 0.3) is 0 Å². The Morgan fingerprint density at radius 3 is 2.36 bits per heavy atom. The van der Waals surface area contributed by atoms with Crippen molar-refractivity contribution in [1.29, 1.82) is 0 Å². The van der Waals surface area contributed by atoms with Gasteiger partial charge >= 0.3 is 0 Å². The van der Waals surface area contributed by atoms with E-state index in [1.165, 1.54) is 24.3 Å². The predicted octanol–water partition coefficient (Wildman–Crippen LogP) is 2.11. The predicted molar refractivity (Wildman–Crippen MR) is 84.3 cm³/mol. The quantitative estimate of drug-likeness (QED) is 0.766. The molecule has 2 N–H and O–H groups in total. The minimum atomic E-state index is -3.49. The zero-order valence-electron chi connectivity index (χ0n) is 13.1. The largest absolute Gasteiger partial charge is 0.354 e. The third-order valence-corrected chi connectivity index (χ3v) is 3.86. The number of amides is 1. The van der Waals surface area contributed by atoms with Crippen LogP contribution in [0.15, 0.2) is 24.3 Å². The molecule has 0 saturated heterocycles. The van der Waals surface area contributed by atoms with Crippen molar-refractivity contribution < 1.29 is 17.6 Å². The van der Waals surface area contributed by atoms with Crippen LogP contribution in [0.3, 0.4) is 0 Å². The lowest BCUT2D eigenvalue weighted by atomic mass is 10.0. The first-order chi connectivity index (χ1) is 10.2. The van der Waals surface area contributed by atoms with Crippen molar-refractivity contribution in [2.24, 2.45) is 0 Å². The number of carbonyl (C=O) groups excluding carboxylic acids is 1. The molecule has 1 rings (SSSR count). The summed E-state index contributed by atoms with van der Waals surface area (Å²) in [4.78, 5) is 12.0. The van der Waals surface area contributed by atoms with Crippen molar-refractivity contribution in [2.45, 2.75) is 45.2 Å². The van der Waals surface area contributed by atoms with Crippen LogP contribution in [0.4, 0.5) is 4.39 Å². The number of hydrogen-bond donors (Lipinski definition) is 2. The summed E-state index contributed by atoms with van der Waals surface area (Å²) in [5.41, 5.74) is 0.546. The summed E-state index contributed by atoms with van der Waals surface area (Å²) in [6, 6.07) is 4.74. The van der Waals surface area contributed by atoms with Gasteiger partial charge in [-0.15, -0.1) is 0 Å². The summed E-state index contributed by atoms with van der Waals surface area (Å²) in [6.45, 7) is 3.92. The van der Waals surface area contributed by atoms with E-state index in [0.717, 1.165) is 19.1 Å². The van der Waals surface area contributed by atoms with E-state index in [-0.39, 0.29) is 18.4 Å². The zero-order chi connectivity index (χ0) is 16.8. The number of halogens is 1. The fourth-order valence-corrected chi connectivity index (χ4v) is 2.94. The number of rotatable bonds is 8. The molecule has 0 fully saturated rings. The average molecular weight is 330 g/mol. The van der Waals surface area contributed by atoms with E-state index < -0.39 is 21.9 Å². The fourth-order valence-electron chi connectivity index (χ4n) is 2.21. The SMILES string of the molecule is CCC[C@@H](C)NC(=O)C[C@@H](NS(C)(=O)=O)c1ccc(F)cc1. The molecule has 1 amide bonds. The molecule has 7 heteroatoms. The summed E-state index contributed by atoms with van der Waals surface area (Å²) in [5, 5.41) is 2.83. The first kappa shape index (κ1) is 18.6. The monoisotopic (exact) mass is 330 g/mol. The van der Waals surface area contributed by atoms with Crippen molar-refractivity contribution in [2.75, 3.05) is 6.26 Å². The Hall–Kier alpha value is -1.47. The average Bonchev–Trinajstić information content (AvgIpc) is 2.37. The molecular weight excluding hydrogens is 307 g/mol. The molecule has 124 valence electrons. The Morgan fingerprint density at radius 1 is 1.27 bits per heavy atom. The Kier molecular flexibility index (Phi) is 6.96. The van der Waals surface area contributed by atoms with Crippen LogP contribution in [-0.2, 0) is 14.8 Å². The van der Waals surface area contributed by atoms with Gasteiger partial charge in [0.1, 0.15) is 5.82 Å². The normalized spacial score (nSPS) is 14.4. The minimum absolute atomic E-state index is 0.0320. The second kappa shape index (κ2) is 8.24. The molecule has 0 aliphatic rings. The maximum Gasteiger partial charge on any atom is 0.222 e. The third kappa shape index (κ3) is 7.00. The molecule has 0 aromatic heterocycles. The lowest BCUT2D eigenvalue weighted by molar-refractivity contribution is -0.122. The molecule has 0 saturated carbocycles. The van der Waals surface area contributed by atoms with Gasteiger partial charge in [-0.2, -0.15) is 0 Å². The first-order valence-corrected chi connectivity index (χ1v) is 9.12. The van der Waals surface area contributed by atoms with Crippen LogP contribution in [0, 0.1) is 5.82 Å². The van der Waals surface area contributed by atoms with Crippen molar-refractivity contribution >= 4 is 15.9 Å². The summed E-state index contributed by atoms with van der Waals surface area (Å²) in [6.07, 6.45) is 2.80. The molecule has 0 spiro atoms. The smallest absolute Gasteiger partial charge is 0.222 e. The third-order valence-electron chi connectivity index (χ3n) is 3.15. The first-order valence-electron chi connectivity index (χ1n) is 7.23. The molecule has 0 aliphatic heterocycles. The maximum atomic E-state index is 13.0. The minimum Gasteiger partial charge on any atom is -0.354 e. The molecule has 0 heterocycles. The van der Waals surface area contributed by atoms with E-state index in [1.54, 1.807) is 0 Å². The van der Waals surface area contributed by atoms with Gasteiger partial charge in [0, 0.05) is 12.5 Å². The number of benzene rings is 1. The van der Waals surface area contributed by atoms with Crippen LogP contribution < -0.4 is 10.0 Å². The second-order valence-corrected chi connectivity index (χ2v) is 7.24. The molecule has 0 bridgehead atoms. The fraction of sp³-hybridized carbons (Fsp3) is 0.533. The van der Waals surface area contributed by atoms with E-state index in [0.29, 0.717) is 5.56 Å². The van der Waals surface area contributed by atoms with Crippen LogP contribution in [0.2, 0.25) is 0 Å². The van der Waals surface area contributed by atoms with Gasteiger partial charge in [0.05, 0.1) is 12.3 Å². The molecule has 2 atom stereocenters. The van der Waals surface area contributed by atoms with Gasteiger partial charge in [-0.25, -0.2) is 17.5 Å². The summed E-state index contributed by atoms with van der Waals surface area (Å²) >= 11 is 0. The van der Waals surface area contributed by atoms with Gasteiger partial charge in [-0.1, -0.05) is 25.5 Å². The van der Waals surface area contributed by atoms with Gasteiger partial charge in [-0.3, -0.25) is 4.79 Å². The standard InChI is InChI=1S/C15H23FN2O3S/c1-4-5-11(2)17-15(19)10-14(18-22(3,20)21)12-6-8-13(16)9-7-12/h6-9,11,14,18H,4-5,10H2,1-3H3,(H,17,19)/t11-,14-/m1/s1. The van der Waals surface area contributed by atoms with E-state index >= 15 is 0 Å². The highest BCUT2D eigenvalue weighted by Gasteiger charge is 2.20. The second-order valence-electron chi connectivity index (χ2n) is 5.46. The van der Waals surface area contributed by atoms with E-state index in [1.807, 2.05) is 13.8 Å². The van der Waals surface area contributed by atoms with Crippen LogP contribution in [0.5, 0.6) is 0 Å².